The number of carbonyl (C=O) groups excluding carboxylic acids is 3. The van der Waals surface area contributed by atoms with Crippen LogP contribution in [0.4, 0.5) is 5.69 Å². The molecule has 0 bridgehead atoms. The van der Waals surface area contributed by atoms with E-state index in [2.05, 4.69) is 5.32 Å². The zero-order valence-corrected chi connectivity index (χ0v) is 21.2. The van der Waals surface area contributed by atoms with Crippen LogP contribution in [0.5, 0.6) is 0 Å². The summed E-state index contributed by atoms with van der Waals surface area (Å²) < 4.78 is 0. The summed E-state index contributed by atoms with van der Waals surface area (Å²) in [6, 6.07) is 16.0. The normalized spacial score (nSPS) is 13.3. The smallest absolute Gasteiger partial charge is 0.258 e. The monoisotopic (exact) mass is 511 g/mol. The molecule has 0 saturated carbocycles. The lowest BCUT2D eigenvalue weighted by molar-refractivity contribution is -0.140. The van der Waals surface area contributed by atoms with Gasteiger partial charge in [-0.15, -0.1) is 0 Å². The molecule has 0 aromatic heterocycles. The van der Waals surface area contributed by atoms with Crippen molar-refractivity contribution in [1.29, 1.82) is 0 Å². The summed E-state index contributed by atoms with van der Waals surface area (Å²) in [4.78, 5) is 42.2. The summed E-state index contributed by atoms with van der Waals surface area (Å²) in [6.07, 6.45) is 0.617. The van der Waals surface area contributed by atoms with Crippen molar-refractivity contribution in [1.82, 2.24) is 10.2 Å². The minimum absolute atomic E-state index is 0.0559. The highest BCUT2D eigenvalue weighted by molar-refractivity contribution is 6.36. The van der Waals surface area contributed by atoms with Gasteiger partial charge < -0.3 is 15.1 Å². The second-order valence-electron chi connectivity index (χ2n) is 8.53. The highest BCUT2D eigenvalue weighted by atomic mass is 35.5. The number of anilines is 1. The molecule has 35 heavy (non-hydrogen) atoms. The summed E-state index contributed by atoms with van der Waals surface area (Å²) in [5, 5.41) is 5.61. The molecule has 4 rings (SSSR count). The van der Waals surface area contributed by atoms with Crippen LogP contribution in [0.15, 0.2) is 54.6 Å². The minimum atomic E-state index is -0.707. The van der Waals surface area contributed by atoms with Crippen LogP contribution in [0.3, 0.4) is 0 Å². The van der Waals surface area contributed by atoms with Crippen molar-refractivity contribution < 1.29 is 14.4 Å². The van der Waals surface area contributed by atoms with E-state index in [4.69, 9.17) is 23.2 Å². The Kier molecular flexibility index (Phi) is 7.63. The van der Waals surface area contributed by atoms with Gasteiger partial charge in [0.15, 0.2) is 0 Å². The molecule has 1 N–H and O–H groups in total. The van der Waals surface area contributed by atoms with Crippen molar-refractivity contribution in [2.24, 2.45) is 0 Å². The van der Waals surface area contributed by atoms with E-state index in [9.17, 15) is 14.4 Å². The van der Waals surface area contributed by atoms with Crippen molar-refractivity contribution in [3.63, 3.8) is 0 Å². The Morgan fingerprint density at radius 2 is 1.69 bits per heavy atom. The molecule has 1 atom stereocenters. The van der Waals surface area contributed by atoms with E-state index in [1.165, 1.54) is 4.90 Å². The number of benzene rings is 3. The third kappa shape index (κ3) is 5.00. The molecule has 0 radical (unpaired) electrons. The Bertz CT molecular complexity index is 1270. The summed E-state index contributed by atoms with van der Waals surface area (Å²) in [5.41, 5.74) is 2.15. The van der Waals surface area contributed by atoms with Gasteiger partial charge in [0, 0.05) is 52.6 Å². The van der Waals surface area contributed by atoms with Gasteiger partial charge in [-0.2, -0.15) is 0 Å². The van der Waals surface area contributed by atoms with Crippen LogP contribution in [0, 0.1) is 0 Å². The van der Waals surface area contributed by atoms with Crippen LogP contribution >= 0.6 is 23.2 Å². The van der Waals surface area contributed by atoms with E-state index in [0.29, 0.717) is 40.7 Å². The van der Waals surface area contributed by atoms with Gasteiger partial charge >= 0.3 is 0 Å². The highest BCUT2D eigenvalue weighted by Crippen LogP contribution is 2.37. The number of amides is 3. The standard InChI is InChI=1S/C27H27Cl2N3O3/c1-3-30-26(34)17(2)32(16-20-21(28)11-6-12-22(20)29)24(33)14-7-15-31-23-13-5-9-18-8-4-10-19(25(18)23)27(31)35/h4-6,8-13,17H,3,7,14-16H2,1-2H3,(H,30,34). The summed E-state index contributed by atoms with van der Waals surface area (Å²) in [6.45, 7) is 4.49. The number of rotatable bonds is 9. The molecule has 0 fully saturated rings. The van der Waals surface area contributed by atoms with Crippen LogP contribution in [-0.2, 0) is 16.1 Å². The zero-order chi connectivity index (χ0) is 25.1. The lowest BCUT2D eigenvalue weighted by atomic mass is 10.1. The Hall–Kier alpha value is -3.09. The van der Waals surface area contributed by atoms with E-state index in [0.717, 1.165) is 16.5 Å². The number of halogens is 2. The third-order valence-electron chi connectivity index (χ3n) is 6.33. The second-order valence-corrected chi connectivity index (χ2v) is 9.35. The van der Waals surface area contributed by atoms with Crippen LogP contribution < -0.4 is 10.2 Å². The van der Waals surface area contributed by atoms with Gasteiger partial charge in [-0.3, -0.25) is 14.4 Å². The van der Waals surface area contributed by atoms with Crippen molar-refractivity contribution in [2.75, 3.05) is 18.0 Å². The van der Waals surface area contributed by atoms with Gasteiger partial charge in [-0.05, 0) is 49.9 Å². The number of likely N-dealkylation sites (N-methyl/N-ethyl adjacent to an activating group) is 1. The first-order chi connectivity index (χ1) is 16.8. The van der Waals surface area contributed by atoms with E-state index < -0.39 is 6.04 Å². The predicted molar refractivity (Wildman–Crippen MR) is 140 cm³/mol. The molecule has 0 saturated heterocycles. The number of carbonyl (C=O) groups is 3. The summed E-state index contributed by atoms with van der Waals surface area (Å²) in [5.74, 6) is -0.511. The fraction of sp³-hybridized carbons (Fsp3) is 0.296. The molecular formula is C27H27Cl2N3O3. The van der Waals surface area contributed by atoms with Gasteiger partial charge in [0.25, 0.3) is 5.91 Å². The Morgan fingerprint density at radius 3 is 2.37 bits per heavy atom. The largest absolute Gasteiger partial charge is 0.355 e. The molecule has 3 amide bonds. The summed E-state index contributed by atoms with van der Waals surface area (Å²) >= 11 is 12.7. The molecule has 182 valence electrons. The topological polar surface area (TPSA) is 69.7 Å². The Balaban J connectivity index is 1.49. The van der Waals surface area contributed by atoms with E-state index in [1.807, 2.05) is 43.3 Å². The molecule has 3 aromatic rings. The first kappa shape index (κ1) is 25.0. The maximum Gasteiger partial charge on any atom is 0.258 e. The molecule has 1 unspecified atom stereocenters. The fourth-order valence-electron chi connectivity index (χ4n) is 4.49. The quantitative estimate of drug-likeness (QED) is 0.415. The SMILES string of the molecule is CCNC(=O)C(C)N(Cc1c(Cl)cccc1Cl)C(=O)CCCN1C(=O)c2cccc3cccc1c23. The molecule has 6 nitrogen and oxygen atoms in total. The number of hydrogen-bond acceptors (Lipinski definition) is 3. The maximum atomic E-state index is 13.3. The van der Waals surface area contributed by atoms with Crippen molar-refractivity contribution in [3.8, 4) is 0 Å². The van der Waals surface area contributed by atoms with Crippen molar-refractivity contribution in [3.05, 3.63) is 75.8 Å². The molecule has 1 aliphatic heterocycles. The maximum absolute atomic E-state index is 13.3. The molecule has 1 heterocycles. The predicted octanol–water partition coefficient (Wildman–Crippen LogP) is 5.44. The van der Waals surface area contributed by atoms with E-state index in [1.54, 1.807) is 30.0 Å². The van der Waals surface area contributed by atoms with Gasteiger partial charge in [-0.25, -0.2) is 0 Å². The number of nitrogens with one attached hydrogen (secondary N) is 1. The molecule has 0 spiro atoms. The van der Waals surface area contributed by atoms with Crippen molar-refractivity contribution in [2.45, 2.75) is 39.3 Å². The zero-order valence-electron chi connectivity index (χ0n) is 19.7. The van der Waals surface area contributed by atoms with E-state index >= 15 is 0 Å². The minimum Gasteiger partial charge on any atom is -0.355 e. The fourth-order valence-corrected chi connectivity index (χ4v) is 5.01. The third-order valence-corrected chi connectivity index (χ3v) is 7.04. The molecule has 1 aliphatic rings. The van der Waals surface area contributed by atoms with Crippen molar-refractivity contribution >= 4 is 57.4 Å². The van der Waals surface area contributed by atoms with Gasteiger partial charge in [-0.1, -0.05) is 53.5 Å². The van der Waals surface area contributed by atoms with Gasteiger partial charge in [0.05, 0.1) is 5.69 Å². The lowest BCUT2D eigenvalue weighted by Crippen LogP contribution is -2.47. The van der Waals surface area contributed by atoms with Gasteiger partial charge in [0.1, 0.15) is 6.04 Å². The molecule has 3 aromatic carbocycles. The Morgan fingerprint density at radius 1 is 1.03 bits per heavy atom. The van der Waals surface area contributed by atoms with Crippen LogP contribution in [-0.4, -0.2) is 41.8 Å². The highest BCUT2D eigenvalue weighted by Gasteiger charge is 2.30. The average molecular weight is 512 g/mol. The first-order valence-corrected chi connectivity index (χ1v) is 12.4. The molecular weight excluding hydrogens is 485 g/mol. The second kappa shape index (κ2) is 10.7. The summed E-state index contributed by atoms with van der Waals surface area (Å²) in [7, 11) is 0. The van der Waals surface area contributed by atoms with Crippen LogP contribution in [0.25, 0.3) is 10.8 Å². The van der Waals surface area contributed by atoms with E-state index in [-0.39, 0.29) is 30.7 Å². The lowest BCUT2D eigenvalue weighted by Gasteiger charge is -2.29. The average Bonchev–Trinajstić information content (AvgIpc) is 3.11. The molecule has 0 aliphatic carbocycles. The number of nitrogens with zero attached hydrogens (tertiary/aromatic N) is 2. The number of hydrogen-bond donors (Lipinski definition) is 1. The van der Waals surface area contributed by atoms with Crippen LogP contribution in [0.2, 0.25) is 10.0 Å². The van der Waals surface area contributed by atoms with Gasteiger partial charge in [0.2, 0.25) is 11.8 Å². The molecule has 8 heteroatoms. The first-order valence-electron chi connectivity index (χ1n) is 11.7. The van der Waals surface area contributed by atoms with Crippen LogP contribution in [0.1, 0.15) is 42.6 Å². The Labute approximate surface area is 214 Å².